The smallest absolute Gasteiger partial charge is 0.317 e. The van der Waals surface area contributed by atoms with E-state index in [2.05, 4.69) is 5.32 Å². The van der Waals surface area contributed by atoms with E-state index in [0.717, 1.165) is 30.7 Å². The molecule has 1 aromatic carbocycles. The Kier molecular flexibility index (Phi) is 6.46. The molecule has 1 aliphatic rings. The van der Waals surface area contributed by atoms with Gasteiger partial charge in [0.2, 0.25) is 5.91 Å². The summed E-state index contributed by atoms with van der Waals surface area (Å²) >= 11 is 0. The Bertz CT molecular complexity index is 574. The van der Waals surface area contributed by atoms with E-state index >= 15 is 0 Å². The SMILES string of the molecule is Cc1ccccc1OC[C@@H]1CCCN(C(=O)CNC(=O)N(C)C)C1. The fraction of sp³-hybridized carbons (Fsp3) is 0.556. The number of aryl methyl sites for hydroxylation is 1. The van der Waals surface area contributed by atoms with Gasteiger partial charge in [-0.3, -0.25) is 4.79 Å². The number of hydrogen-bond donors (Lipinski definition) is 1. The standard InChI is InChI=1S/C18H27N3O3/c1-14-7-4-5-9-16(14)24-13-15-8-6-10-21(12-15)17(22)11-19-18(23)20(2)3/h4-5,7,9,15H,6,8,10-13H2,1-3H3,(H,19,23)/t15-/m1/s1. The minimum Gasteiger partial charge on any atom is -0.493 e. The lowest BCUT2D eigenvalue weighted by Gasteiger charge is -2.33. The molecule has 6 heteroatoms. The fourth-order valence-corrected chi connectivity index (χ4v) is 2.77. The van der Waals surface area contributed by atoms with Crippen LogP contribution in [0.3, 0.4) is 0 Å². The van der Waals surface area contributed by atoms with Crippen molar-refractivity contribution in [2.75, 3.05) is 40.3 Å². The summed E-state index contributed by atoms with van der Waals surface area (Å²) in [7, 11) is 3.30. The third-order valence-electron chi connectivity index (χ3n) is 4.24. The van der Waals surface area contributed by atoms with Gasteiger partial charge in [-0.05, 0) is 31.4 Å². The Labute approximate surface area is 143 Å². The number of urea groups is 1. The van der Waals surface area contributed by atoms with Gasteiger partial charge in [0, 0.05) is 33.1 Å². The second-order valence-corrected chi connectivity index (χ2v) is 6.48. The molecule has 1 fully saturated rings. The minimum atomic E-state index is -0.250. The molecule has 1 aromatic rings. The van der Waals surface area contributed by atoms with E-state index in [9.17, 15) is 9.59 Å². The van der Waals surface area contributed by atoms with Gasteiger partial charge in [-0.1, -0.05) is 18.2 Å². The molecular weight excluding hydrogens is 306 g/mol. The van der Waals surface area contributed by atoms with Crippen LogP contribution in [0.1, 0.15) is 18.4 Å². The number of nitrogens with zero attached hydrogens (tertiary/aromatic N) is 2. The number of piperidine rings is 1. The largest absolute Gasteiger partial charge is 0.493 e. The van der Waals surface area contributed by atoms with Crippen molar-refractivity contribution in [2.24, 2.45) is 5.92 Å². The minimum absolute atomic E-state index is 0.0363. The molecule has 1 heterocycles. The molecule has 1 N–H and O–H groups in total. The number of ether oxygens (including phenoxy) is 1. The topological polar surface area (TPSA) is 61.9 Å². The normalized spacial score (nSPS) is 17.3. The van der Waals surface area contributed by atoms with Crippen LogP contribution >= 0.6 is 0 Å². The molecule has 3 amide bonds. The Hall–Kier alpha value is -2.24. The van der Waals surface area contributed by atoms with Gasteiger partial charge in [-0.15, -0.1) is 0 Å². The molecule has 0 aliphatic carbocycles. The number of para-hydroxylation sites is 1. The van der Waals surface area contributed by atoms with Gasteiger partial charge < -0.3 is 19.9 Å². The number of carbonyl (C=O) groups excluding carboxylic acids is 2. The second-order valence-electron chi connectivity index (χ2n) is 6.48. The van der Waals surface area contributed by atoms with Crippen LogP contribution in [-0.4, -0.2) is 62.1 Å². The van der Waals surface area contributed by atoms with Crippen LogP contribution in [0.15, 0.2) is 24.3 Å². The Balaban J connectivity index is 1.80. The maximum Gasteiger partial charge on any atom is 0.317 e. The van der Waals surface area contributed by atoms with Crippen LogP contribution < -0.4 is 10.1 Å². The molecule has 0 aromatic heterocycles. The van der Waals surface area contributed by atoms with Crippen molar-refractivity contribution in [3.8, 4) is 5.75 Å². The van der Waals surface area contributed by atoms with Crippen LogP contribution in [0.2, 0.25) is 0 Å². The first-order valence-corrected chi connectivity index (χ1v) is 8.38. The number of hydrogen-bond acceptors (Lipinski definition) is 3. The summed E-state index contributed by atoms with van der Waals surface area (Å²) in [6, 6.07) is 7.70. The first-order valence-electron chi connectivity index (χ1n) is 8.38. The number of carbonyl (C=O) groups is 2. The van der Waals surface area contributed by atoms with E-state index in [1.807, 2.05) is 36.1 Å². The Morgan fingerprint density at radius 3 is 2.79 bits per heavy atom. The molecule has 0 spiro atoms. The van der Waals surface area contributed by atoms with Crippen molar-refractivity contribution in [3.63, 3.8) is 0 Å². The van der Waals surface area contributed by atoms with Gasteiger partial charge in [-0.2, -0.15) is 0 Å². The van der Waals surface area contributed by atoms with Crippen molar-refractivity contribution in [3.05, 3.63) is 29.8 Å². The van der Waals surface area contributed by atoms with E-state index in [1.54, 1.807) is 14.1 Å². The number of amides is 3. The van der Waals surface area contributed by atoms with Crippen molar-refractivity contribution in [2.45, 2.75) is 19.8 Å². The lowest BCUT2D eigenvalue weighted by Crippen LogP contribution is -2.47. The third-order valence-corrected chi connectivity index (χ3v) is 4.24. The van der Waals surface area contributed by atoms with Crippen molar-refractivity contribution < 1.29 is 14.3 Å². The highest BCUT2D eigenvalue weighted by Gasteiger charge is 2.24. The molecule has 0 unspecified atom stereocenters. The zero-order valence-electron chi connectivity index (χ0n) is 14.7. The third kappa shape index (κ3) is 5.15. The fourth-order valence-electron chi connectivity index (χ4n) is 2.77. The number of benzene rings is 1. The van der Waals surface area contributed by atoms with E-state index in [-0.39, 0.29) is 18.5 Å². The Morgan fingerprint density at radius 1 is 1.33 bits per heavy atom. The molecule has 0 radical (unpaired) electrons. The monoisotopic (exact) mass is 333 g/mol. The average molecular weight is 333 g/mol. The molecule has 132 valence electrons. The zero-order chi connectivity index (χ0) is 17.5. The van der Waals surface area contributed by atoms with Crippen LogP contribution in [0.4, 0.5) is 4.79 Å². The highest BCUT2D eigenvalue weighted by Crippen LogP contribution is 2.21. The summed E-state index contributed by atoms with van der Waals surface area (Å²) in [5.41, 5.74) is 1.12. The van der Waals surface area contributed by atoms with Crippen LogP contribution in [0, 0.1) is 12.8 Å². The maximum absolute atomic E-state index is 12.3. The zero-order valence-corrected chi connectivity index (χ0v) is 14.7. The van der Waals surface area contributed by atoms with Crippen molar-refractivity contribution >= 4 is 11.9 Å². The van der Waals surface area contributed by atoms with Gasteiger partial charge in [0.05, 0.1) is 13.2 Å². The predicted octanol–water partition coefficient (Wildman–Crippen LogP) is 1.88. The summed E-state index contributed by atoms with van der Waals surface area (Å²) in [6.45, 7) is 4.11. The molecule has 0 bridgehead atoms. The lowest BCUT2D eigenvalue weighted by atomic mass is 9.99. The molecule has 1 saturated heterocycles. The van der Waals surface area contributed by atoms with E-state index in [1.165, 1.54) is 4.90 Å². The summed E-state index contributed by atoms with van der Waals surface area (Å²) in [4.78, 5) is 27.0. The lowest BCUT2D eigenvalue weighted by molar-refractivity contribution is -0.132. The molecule has 24 heavy (non-hydrogen) atoms. The maximum atomic E-state index is 12.3. The summed E-state index contributed by atoms with van der Waals surface area (Å²) in [5, 5.41) is 2.62. The number of likely N-dealkylation sites (tertiary alicyclic amines) is 1. The van der Waals surface area contributed by atoms with Gasteiger partial charge in [0.1, 0.15) is 5.75 Å². The quantitative estimate of drug-likeness (QED) is 0.895. The van der Waals surface area contributed by atoms with E-state index in [4.69, 9.17) is 4.74 Å². The summed E-state index contributed by atoms with van der Waals surface area (Å²) < 4.78 is 5.92. The van der Waals surface area contributed by atoms with E-state index in [0.29, 0.717) is 19.1 Å². The first-order chi connectivity index (χ1) is 11.5. The molecule has 1 atom stereocenters. The van der Waals surface area contributed by atoms with Crippen LogP contribution in [0.25, 0.3) is 0 Å². The van der Waals surface area contributed by atoms with Gasteiger partial charge >= 0.3 is 6.03 Å². The molecule has 2 rings (SSSR count). The highest BCUT2D eigenvalue weighted by atomic mass is 16.5. The van der Waals surface area contributed by atoms with E-state index < -0.39 is 0 Å². The second kappa shape index (κ2) is 8.57. The number of nitrogens with one attached hydrogen (secondary N) is 1. The molecule has 1 aliphatic heterocycles. The molecular formula is C18H27N3O3. The average Bonchev–Trinajstić information content (AvgIpc) is 2.58. The van der Waals surface area contributed by atoms with Gasteiger partial charge in [-0.25, -0.2) is 4.79 Å². The molecule has 6 nitrogen and oxygen atoms in total. The first kappa shape index (κ1) is 18.1. The molecule has 0 saturated carbocycles. The highest BCUT2D eigenvalue weighted by molar-refractivity contribution is 5.83. The number of rotatable bonds is 5. The van der Waals surface area contributed by atoms with Crippen molar-refractivity contribution in [1.29, 1.82) is 0 Å². The van der Waals surface area contributed by atoms with Gasteiger partial charge in [0.15, 0.2) is 0 Å². The van der Waals surface area contributed by atoms with Crippen LogP contribution in [-0.2, 0) is 4.79 Å². The van der Waals surface area contributed by atoms with Gasteiger partial charge in [0.25, 0.3) is 0 Å². The predicted molar refractivity (Wildman–Crippen MR) is 93.1 cm³/mol. The van der Waals surface area contributed by atoms with Crippen molar-refractivity contribution in [1.82, 2.24) is 15.1 Å². The summed E-state index contributed by atoms with van der Waals surface area (Å²) in [5.74, 6) is 1.19. The van der Waals surface area contributed by atoms with Crippen LogP contribution in [0.5, 0.6) is 5.75 Å². The summed E-state index contributed by atoms with van der Waals surface area (Å²) in [6.07, 6.45) is 2.02. The Morgan fingerprint density at radius 2 is 2.08 bits per heavy atom.